The number of nitrogens with zero attached hydrogens (tertiary/aromatic N) is 2. The number of aromatic nitrogens is 2. The molecule has 66 valence electrons. The molecular formula is C8H13N3S. The molecule has 12 heavy (non-hydrogen) atoms. The summed E-state index contributed by atoms with van der Waals surface area (Å²) in [6.45, 7) is 0. The molecule has 1 aromatic heterocycles. The number of nitrogens with one attached hydrogen (secondary N) is 1. The van der Waals surface area contributed by atoms with E-state index in [1.54, 1.807) is 16.8 Å². The van der Waals surface area contributed by atoms with Gasteiger partial charge in [0.2, 0.25) is 5.13 Å². The van der Waals surface area contributed by atoms with Crippen LogP contribution in [0, 0.1) is 0 Å². The highest BCUT2D eigenvalue weighted by Gasteiger charge is 2.13. The second-order valence-electron chi connectivity index (χ2n) is 3.22. The van der Waals surface area contributed by atoms with E-state index >= 15 is 0 Å². The fourth-order valence-electron chi connectivity index (χ4n) is 1.66. The van der Waals surface area contributed by atoms with Crippen molar-refractivity contribution in [2.45, 2.75) is 38.1 Å². The van der Waals surface area contributed by atoms with E-state index in [0.29, 0.717) is 6.04 Å². The fourth-order valence-corrected chi connectivity index (χ4v) is 2.18. The first-order chi connectivity index (χ1) is 5.95. The molecule has 3 nitrogen and oxygen atoms in total. The van der Waals surface area contributed by atoms with Gasteiger partial charge in [-0.05, 0) is 12.8 Å². The van der Waals surface area contributed by atoms with Gasteiger partial charge in [-0.2, -0.15) is 0 Å². The summed E-state index contributed by atoms with van der Waals surface area (Å²) >= 11 is 1.58. The second-order valence-corrected chi connectivity index (χ2v) is 4.06. The predicted octanol–water partition coefficient (Wildman–Crippen LogP) is 2.28. The maximum atomic E-state index is 3.97. The molecule has 1 aliphatic rings. The van der Waals surface area contributed by atoms with E-state index in [1.165, 1.54) is 32.1 Å². The van der Waals surface area contributed by atoms with Crippen LogP contribution in [0.1, 0.15) is 32.1 Å². The summed E-state index contributed by atoms with van der Waals surface area (Å²) in [7, 11) is 0. The van der Waals surface area contributed by atoms with E-state index in [0.717, 1.165) is 5.13 Å². The van der Waals surface area contributed by atoms with E-state index < -0.39 is 0 Å². The third-order valence-electron chi connectivity index (χ3n) is 2.29. The normalized spacial score (nSPS) is 19.3. The van der Waals surface area contributed by atoms with Crippen LogP contribution >= 0.6 is 11.3 Å². The van der Waals surface area contributed by atoms with Crippen LogP contribution in [0.5, 0.6) is 0 Å². The van der Waals surface area contributed by atoms with Gasteiger partial charge in [-0.1, -0.05) is 30.6 Å². The van der Waals surface area contributed by atoms with Gasteiger partial charge in [-0.25, -0.2) is 0 Å². The van der Waals surface area contributed by atoms with Gasteiger partial charge in [-0.15, -0.1) is 10.2 Å². The Hall–Kier alpha value is -0.640. The van der Waals surface area contributed by atoms with Crippen LogP contribution in [0.25, 0.3) is 0 Å². The maximum Gasteiger partial charge on any atom is 0.205 e. The van der Waals surface area contributed by atoms with Crippen molar-refractivity contribution in [3.8, 4) is 0 Å². The van der Waals surface area contributed by atoms with E-state index in [1.807, 2.05) is 0 Å². The number of hydrogen-bond acceptors (Lipinski definition) is 4. The number of rotatable bonds is 2. The van der Waals surface area contributed by atoms with E-state index in [2.05, 4.69) is 15.5 Å². The average molecular weight is 183 g/mol. The van der Waals surface area contributed by atoms with Crippen molar-refractivity contribution in [3.05, 3.63) is 5.51 Å². The lowest BCUT2D eigenvalue weighted by molar-refractivity contribution is 0.462. The molecule has 1 fully saturated rings. The summed E-state index contributed by atoms with van der Waals surface area (Å²) in [5, 5.41) is 12.1. The first kappa shape index (κ1) is 7.98. The lowest BCUT2D eigenvalue weighted by Crippen LogP contribution is -2.21. The molecule has 0 aromatic carbocycles. The van der Waals surface area contributed by atoms with E-state index in [9.17, 15) is 0 Å². The Kier molecular flexibility index (Phi) is 2.56. The second kappa shape index (κ2) is 3.85. The molecule has 1 saturated carbocycles. The van der Waals surface area contributed by atoms with Crippen LogP contribution < -0.4 is 5.32 Å². The lowest BCUT2D eigenvalue weighted by Gasteiger charge is -2.21. The first-order valence-electron chi connectivity index (χ1n) is 4.48. The average Bonchev–Trinajstić information content (AvgIpc) is 2.59. The zero-order valence-electron chi connectivity index (χ0n) is 6.99. The summed E-state index contributed by atoms with van der Waals surface area (Å²) < 4.78 is 0. The highest BCUT2D eigenvalue weighted by molar-refractivity contribution is 7.13. The molecule has 0 bridgehead atoms. The van der Waals surface area contributed by atoms with Crippen molar-refractivity contribution in [2.75, 3.05) is 5.32 Å². The van der Waals surface area contributed by atoms with Crippen LogP contribution in [0.3, 0.4) is 0 Å². The van der Waals surface area contributed by atoms with Crippen molar-refractivity contribution < 1.29 is 0 Å². The molecule has 1 N–H and O–H groups in total. The van der Waals surface area contributed by atoms with Gasteiger partial charge in [0.15, 0.2) is 0 Å². The van der Waals surface area contributed by atoms with Gasteiger partial charge in [0.05, 0.1) is 0 Å². The molecule has 1 aliphatic carbocycles. The first-order valence-corrected chi connectivity index (χ1v) is 5.36. The molecule has 0 saturated heterocycles. The number of hydrogen-bond donors (Lipinski definition) is 1. The van der Waals surface area contributed by atoms with Crippen molar-refractivity contribution in [2.24, 2.45) is 0 Å². The summed E-state index contributed by atoms with van der Waals surface area (Å²) in [5.74, 6) is 0. The van der Waals surface area contributed by atoms with E-state index in [4.69, 9.17) is 0 Å². The molecular weight excluding hydrogens is 170 g/mol. The van der Waals surface area contributed by atoms with Crippen LogP contribution in [-0.2, 0) is 0 Å². The molecule has 0 aliphatic heterocycles. The van der Waals surface area contributed by atoms with Gasteiger partial charge in [0, 0.05) is 6.04 Å². The Bertz CT molecular complexity index is 216. The van der Waals surface area contributed by atoms with Gasteiger partial charge < -0.3 is 5.32 Å². The predicted molar refractivity (Wildman–Crippen MR) is 50.4 cm³/mol. The molecule has 0 atom stereocenters. The molecule has 0 spiro atoms. The summed E-state index contributed by atoms with van der Waals surface area (Å²) in [6.07, 6.45) is 6.69. The quantitative estimate of drug-likeness (QED) is 0.764. The van der Waals surface area contributed by atoms with Crippen molar-refractivity contribution in [1.82, 2.24) is 10.2 Å². The molecule has 4 heteroatoms. The molecule has 1 heterocycles. The van der Waals surface area contributed by atoms with Crippen molar-refractivity contribution in [1.29, 1.82) is 0 Å². The molecule has 0 amide bonds. The van der Waals surface area contributed by atoms with Crippen LogP contribution in [0.15, 0.2) is 5.51 Å². The monoisotopic (exact) mass is 183 g/mol. The topological polar surface area (TPSA) is 37.8 Å². The van der Waals surface area contributed by atoms with Crippen LogP contribution in [0.2, 0.25) is 0 Å². The highest BCUT2D eigenvalue weighted by atomic mass is 32.1. The standard InChI is InChI=1S/C8H13N3S/c1-2-4-7(5-3-1)10-8-11-9-6-12-8/h6-7H,1-5H2,(H,10,11). The lowest BCUT2D eigenvalue weighted by atomic mass is 9.96. The zero-order chi connectivity index (χ0) is 8.23. The minimum Gasteiger partial charge on any atom is -0.357 e. The molecule has 1 aromatic rings. The van der Waals surface area contributed by atoms with Crippen molar-refractivity contribution >= 4 is 16.5 Å². The van der Waals surface area contributed by atoms with Gasteiger partial charge in [0.25, 0.3) is 0 Å². The largest absolute Gasteiger partial charge is 0.357 e. The summed E-state index contributed by atoms with van der Waals surface area (Å²) in [5.41, 5.74) is 1.77. The number of anilines is 1. The minimum absolute atomic E-state index is 0.645. The Balaban J connectivity index is 1.86. The Morgan fingerprint density at radius 1 is 1.33 bits per heavy atom. The molecule has 0 radical (unpaired) electrons. The molecule has 0 unspecified atom stereocenters. The summed E-state index contributed by atoms with van der Waals surface area (Å²) in [4.78, 5) is 0. The maximum absolute atomic E-state index is 3.97. The molecule has 2 rings (SSSR count). The van der Waals surface area contributed by atoms with Crippen LogP contribution in [-0.4, -0.2) is 16.2 Å². The minimum atomic E-state index is 0.645. The Morgan fingerprint density at radius 3 is 2.83 bits per heavy atom. The summed E-state index contributed by atoms with van der Waals surface area (Å²) in [6, 6.07) is 0.645. The van der Waals surface area contributed by atoms with Gasteiger partial charge >= 0.3 is 0 Å². The smallest absolute Gasteiger partial charge is 0.205 e. The van der Waals surface area contributed by atoms with Crippen LogP contribution in [0.4, 0.5) is 5.13 Å². The van der Waals surface area contributed by atoms with E-state index in [-0.39, 0.29) is 0 Å². The zero-order valence-corrected chi connectivity index (χ0v) is 7.81. The Labute approximate surface area is 76.2 Å². The highest BCUT2D eigenvalue weighted by Crippen LogP contribution is 2.21. The Morgan fingerprint density at radius 2 is 2.17 bits per heavy atom. The van der Waals surface area contributed by atoms with Crippen molar-refractivity contribution in [3.63, 3.8) is 0 Å². The van der Waals surface area contributed by atoms with Gasteiger partial charge in [0.1, 0.15) is 5.51 Å². The third kappa shape index (κ3) is 1.94. The van der Waals surface area contributed by atoms with Gasteiger partial charge in [-0.3, -0.25) is 0 Å². The SMILES string of the molecule is c1nnc(NC2CCCCC2)s1. The third-order valence-corrected chi connectivity index (χ3v) is 2.92. The fraction of sp³-hybridized carbons (Fsp3) is 0.750.